The van der Waals surface area contributed by atoms with Gasteiger partial charge >= 0.3 is 0 Å². The van der Waals surface area contributed by atoms with Gasteiger partial charge in [-0.15, -0.1) is 0 Å². The molecule has 0 spiro atoms. The van der Waals surface area contributed by atoms with Gasteiger partial charge in [0.05, 0.1) is 4.90 Å². The highest BCUT2D eigenvalue weighted by Gasteiger charge is 2.14. The van der Waals surface area contributed by atoms with Crippen LogP contribution in [0.4, 0.5) is 0 Å². The summed E-state index contributed by atoms with van der Waals surface area (Å²) < 4.78 is 28.0. The summed E-state index contributed by atoms with van der Waals surface area (Å²) in [4.78, 5) is 0.300. The van der Waals surface area contributed by atoms with Crippen molar-refractivity contribution in [2.75, 3.05) is 0 Å². The van der Waals surface area contributed by atoms with Gasteiger partial charge in [0, 0.05) is 11.0 Å². The van der Waals surface area contributed by atoms with E-state index in [-0.39, 0.29) is 6.54 Å². The van der Waals surface area contributed by atoms with Gasteiger partial charge in [0.25, 0.3) is 0 Å². The molecular weight excluding hydrogens is 350 g/mol. The van der Waals surface area contributed by atoms with Crippen LogP contribution in [-0.2, 0) is 23.0 Å². The molecule has 0 amide bonds. The largest absolute Gasteiger partial charge is 0.240 e. The third kappa shape index (κ3) is 4.40. The van der Waals surface area contributed by atoms with E-state index < -0.39 is 10.0 Å². The second kappa shape index (κ2) is 7.20. The predicted octanol–water partition coefficient (Wildman–Crippen LogP) is 3.88. The fourth-order valence-corrected chi connectivity index (χ4v) is 3.45. The van der Waals surface area contributed by atoms with Gasteiger partial charge in [0.2, 0.25) is 10.0 Å². The minimum absolute atomic E-state index is 0.264. The van der Waals surface area contributed by atoms with E-state index in [1.54, 1.807) is 12.1 Å². The van der Waals surface area contributed by atoms with Crippen LogP contribution in [0.1, 0.15) is 24.5 Å². The van der Waals surface area contributed by atoms with Crippen LogP contribution in [0.25, 0.3) is 0 Å². The van der Waals surface area contributed by atoms with Crippen molar-refractivity contribution in [2.24, 2.45) is 0 Å². The molecule has 0 saturated carbocycles. The number of hydrogen-bond acceptors (Lipinski definition) is 2. The number of rotatable bonds is 6. The molecule has 0 unspecified atom stereocenters. The van der Waals surface area contributed by atoms with Crippen molar-refractivity contribution >= 4 is 26.0 Å². The number of sulfonamides is 1. The van der Waals surface area contributed by atoms with Crippen LogP contribution in [0.2, 0.25) is 0 Å². The molecule has 3 nitrogen and oxygen atoms in total. The summed E-state index contributed by atoms with van der Waals surface area (Å²) in [5, 5.41) is 0. The Balaban J connectivity index is 2.09. The van der Waals surface area contributed by atoms with Crippen LogP contribution >= 0.6 is 15.9 Å². The Morgan fingerprint density at radius 2 is 1.71 bits per heavy atom. The molecule has 0 saturated heterocycles. The quantitative estimate of drug-likeness (QED) is 0.841. The first-order chi connectivity index (χ1) is 10.0. The first kappa shape index (κ1) is 16.2. The van der Waals surface area contributed by atoms with Gasteiger partial charge in [-0.2, -0.15) is 0 Å². The van der Waals surface area contributed by atoms with Crippen LogP contribution in [0, 0.1) is 0 Å². The fourth-order valence-electron chi connectivity index (χ4n) is 2.02. The molecule has 112 valence electrons. The lowest BCUT2D eigenvalue weighted by Crippen LogP contribution is -2.23. The molecular formula is C16H18BrNO2S. The van der Waals surface area contributed by atoms with Crippen LogP contribution in [0.5, 0.6) is 0 Å². The molecule has 2 rings (SSSR count). The Kier molecular flexibility index (Phi) is 5.56. The van der Waals surface area contributed by atoms with Gasteiger partial charge in [-0.25, -0.2) is 13.1 Å². The standard InChI is InChI=1S/C16H18BrNO2S/c1-2-5-13-8-10-15(11-9-13)21(19,20)18-12-14-6-3-4-7-16(14)17/h3-4,6-11,18H,2,5,12H2,1H3. The molecule has 0 fully saturated rings. The van der Waals surface area contributed by atoms with Crippen molar-refractivity contribution in [3.8, 4) is 0 Å². The maximum Gasteiger partial charge on any atom is 0.240 e. The highest BCUT2D eigenvalue weighted by Crippen LogP contribution is 2.17. The van der Waals surface area contributed by atoms with Crippen LogP contribution in [-0.4, -0.2) is 8.42 Å². The summed E-state index contributed by atoms with van der Waals surface area (Å²) >= 11 is 3.41. The zero-order chi connectivity index (χ0) is 15.3. The molecule has 0 atom stereocenters. The molecule has 2 aromatic carbocycles. The van der Waals surface area contributed by atoms with E-state index >= 15 is 0 Å². The Hall–Kier alpha value is -1.17. The minimum atomic E-state index is -3.48. The zero-order valence-electron chi connectivity index (χ0n) is 11.8. The SMILES string of the molecule is CCCc1ccc(S(=O)(=O)NCc2ccccc2Br)cc1. The van der Waals surface area contributed by atoms with E-state index in [1.165, 1.54) is 0 Å². The molecule has 0 aliphatic heterocycles. The minimum Gasteiger partial charge on any atom is -0.207 e. The van der Waals surface area contributed by atoms with Crippen molar-refractivity contribution in [3.05, 3.63) is 64.1 Å². The molecule has 1 N–H and O–H groups in total. The molecule has 21 heavy (non-hydrogen) atoms. The second-order valence-corrected chi connectivity index (χ2v) is 7.43. The Bertz CT molecular complexity index is 696. The highest BCUT2D eigenvalue weighted by atomic mass is 79.9. The third-order valence-electron chi connectivity index (χ3n) is 3.18. The van der Waals surface area contributed by atoms with Gasteiger partial charge in [-0.05, 0) is 35.7 Å². The molecule has 0 radical (unpaired) electrons. The van der Waals surface area contributed by atoms with Gasteiger partial charge in [-0.3, -0.25) is 0 Å². The summed E-state index contributed by atoms with van der Waals surface area (Å²) in [6, 6.07) is 14.6. The lowest BCUT2D eigenvalue weighted by Gasteiger charge is -2.09. The second-order valence-electron chi connectivity index (χ2n) is 4.81. The average molecular weight is 368 g/mol. The molecule has 5 heteroatoms. The van der Waals surface area contributed by atoms with Crippen molar-refractivity contribution in [3.63, 3.8) is 0 Å². The lowest BCUT2D eigenvalue weighted by molar-refractivity contribution is 0.581. The fraction of sp³-hybridized carbons (Fsp3) is 0.250. The van der Waals surface area contributed by atoms with Crippen molar-refractivity contribution in [2.45, 2.75) is 31.2 Å². The van der Waals surface area contributed by atoms with E-state index in [4.69, 9.17) is 0 Å². The summed E-state index contributed by atoms with van der Waals surface area (Å²) in [6.07, 6.45) is 2.01. The molecule has 0 heterocycles. The molecule has 0 aliphatic carbocycles. The van der Waals surface area contributed by atoms with E-state index in [0.29, 0.717) is 4.90 Å². The number of halogens is 1. The van der Waals surface area contributed by atoms with E-state index in [1.807, 2.05) is 36.4 Å². The number of nitrogens with one attached hydrogen (secondary N) is 1. The van der Waals surface area contributed by atoms with E-state index in [0.717, 1.165) is 28.4 Å². The summed E-state index contributed by atoms with van der Waals surface area (Å²) in [5.74, 6) is 0. The first-order valence-corrected chi connectivity index (χ1v) is 9.12. The average Bonchev–Trinajstić information content (AvgIpc) is 2.47. The molecule has 0 bridgehead atoms. The summed E-state index contributed by atoms with van der Waals surface area (Å²) in [6.45, 7) is 2.37. The molecule has 0 aliphatic rings. The smallest absolute Gasteiger partial charge is 0.207 e. The van der Waals surface area contributed by atoms with Crippen LogP contribution in [0.3, 0.4) is 0 Å². The number of aryl methyl sites for hydroxylation is 1. The predicted molar refractivity (Wildman–Crippen MR) is 88.6 cm³/mol. The number of benzene rings is 2. The van der Waals surface area contributed by atoms with Crippen molar-refractivity contribution < 1.29 is 8.42 Å². The summed E-state index contributed by atoms with van der Waals surface area (Å²) in [5.41, 5.74) is 2.06. The summed E-state index contributed by atoms with van der Waals surface area (Å²) in [7, 11) is -3.48. The van der Waals surface area contributed by atoms with Crippen LogP contribution in [0.15, 0.2) is 57.9 Å². The normalized spacial score (nSPS) is 11.5. The first-order valence-electron chi connectivity index (χ1n) is 6.85. The molecule has 2 aromatic rings. The monoisotopic (exact) mass is 367 g/mol. The van der Waals surface area contributed by atoms with E-state index in [2.05, 4.69) is 27.6 Å². The molecule has 0 aromatic heterocycles. The van der Waals surface area contributed by atoms with Gasteiger partial charge < -0.3 is 0 Å². The topological polar surface area (TPSA) is 46.2 Å². The van der Waals surface area contributed by atoms with Crippen molar-refractivity contribution in [1.82, 2.24) is 4.72 Å². The highest BCUT2D eigenvalue weighted by molar-refractivity contribution is 9.10. The lowest BCUT2D eigenvalue weighted by atomic mass is 10.1. The Labute approximate surface area is 134 Å². The van der Waals surface area contributed by atoms with Crippen molar-refractivity contribution in [1.29, 1.82) is 0 Å². The van der Waals surface area contributed by atoms with Gasteiger partial charge in [-0.1, -0.05) is 59.6 Å². The Morgan fingerprint density at radius 1 is 1.05 bits per heavy atom. The maximum absolute atomic E-state index is 12.3. The third-order valence-corrected chi connectivity index (χ3v) is 5.37. The zero-order valence-corrected chi connectivity index (χ0v) is 14.2. The van der Waals surface area contributed by atoms with E-state index in [9.17, 15) is 8.42 Å². The Morgan fingerprint density at radius 3 is 2.33 bits per heavy atom. The van der Waals surface area contributed by atoms with Gasteiger partial charge in [0.15, 0.2) is 0 Å². The number of hydrogen-bond donors (Lipinski definition) is 1. The maximum atomic E-state index is 12.3. The van der Waals surface area contributed by atoms with Gasteiger partial charge in [0.1, 0.15) is 0 Å². The van der Waals surface area contributed by atoms with Crippen LogP contribution < -0.4 is 4.72 Å².